The van der Waals surface area contributed by atoms with Crippen LogP contribution in [0.5, 0.6) is 0 Å². The highest BCUT2D eigenvalue weighted by Gasteiger charge is 2.27. The van der Waals surface area contributed by atoms with Gasteiger partial charge in [-0.3, -0.25) is 4.79 Å². The fraction of sp³-hybridized carbons (Fsp3) is 0.269. The van der Waals surface area contributed by atoms with Gasteiger partial charge in [0.1, 0.15) is 6.54 Å². The van der Waals surface area contributed by atoms with Crippen LogP contribution in [0.4, 0.5) is 5.69 Å². The van der Waals surface area contributed by atoms with E-state index in [9.17, 15) is 4.79 Å². The van der Waals surface area contributed by atoms with Gasteiger partial charge in [0, 0.05) is 42.3 Å². The van der Waals surface area contributed by atoms with Crippen LogP contribution in [0.3, 0.4) is 0 Å². The summed E-state index contributed by atoms with van der Waals surface area (Å²) in [6, 6.07) is 23.6. The third-order valence-electron chi connectivity index (χ3n) is 6.19. The Morgan fingerprint density at radius 1 is 1.03 bits per heavy atom. The minimum atomic E-state index is 0.190. The molecule has 31 heavy (non-hydrogen) atoms. The molecule has 1 aliphatic rings. The molecule has 0 bridgehead atoms. The number of benzene rings is 2. The van der Waals surface area contributed by atoms with Crippen molar-refractivity contribution in [2.24, 2.45) is 0 Å². The topological polar surface area (TPSA) is 28.5 Å². The Hall–Kier alpha value is -3.05. The second-order valence-electron chi connectivity index (χ2n) is 8.37. The van der Waals surface area contributed by atoms with Crippen LogP contribution in [0.25, 0.3) is 21.5 Å². The van der Waals surface area contributed by atoms with Crippen molar-refractivity contribution < 1.29 is 4.79 Å². The van der Waals surface area contributed by atoms with E-state index >= 15 is 0 Å². The van der Waals surface area contributed by atoms with Crippen LogP contribution in [0.15, 0.2) is 72.1 Å². The number of fused-ring (bicyclic) bond motifs is 1. The van der Waals surface area contributed by atoms with Gasteiger partial charge in [-0.15, -0.1) is 11.3 Å². The SMILES string of the molecule is Cc1cccc(N2CCN(C(=O)Cn3c(-c4cccs4)cc4ccccc43)C[C@@H]2C)c1. The summed E-state index contributed by atoms with van der Waals surface area (Å²) in [5.41, 5.74) is 4.75. The number of aryl methyl sites for hydroxylation is 1. The zero-order chi connectivity index (χ0) is 21.4. The van der Waals surface area contributed by atoms with Crippen molar-refractivity contribution in [1.82, 2.24) is 9.47 Å². The molecule has 1 amide bonds. The Balaban J connectivity index is 1.37. The first kappa shape index (κ1) is 19.9. The van der Waals surface area contributed by atoms with E-state index in [4.69, 9.17) is 0 Å². The van der Waals surface area contributed by atoms with E-state index in [1.165, 1.54) is 21.5 Å². The van der Waals surface area contributed by atoms with Crippen LogP contribution in [0.1, 0.15) is 12.5 Å². The summed E-state index contributed by atoms with van der Waals surface area (Å²) in [6.45, 7) is 7.08. The number of rotatable bonds is 4. The second-order valence-corrected chi connectivity index (χ2v) is 9.32. The van der Waals surface area contributed by atoms with E-state index in [2.05, 4.69) is 89.4 Å². The Kier molecular flexibility index (Phi) is 5.28. The summed E-state index contributed by atoms with van der Waals surface area (Å²) in [5.74, 6) is 0.190. The van der Waals surface area contributed by atoms with Crippen LogP contribution < -0.4 is 4.90 Å². The Morgan fingerprint density at radius 3 is 2.68 bits per heavy atom. The average Bonchev–Trinajstić information content (AvgIpc) is 3.42. The molecule has 0 N–H and O–H groups in total. The number of thiophene rings is 1. The first-order valence-corrected chi connectivity index (χ1v) is 11.7. The van der Waals surface area contributed by atoms with Gasteiger partial charge in [0.2, 0.25) is 5.91 Å². The maximum absolute atomic E-state index is 13.4. The highest BCUT2D eigenvalue weighted by molar-refractivity contribution is 7.13. The summed E-state index contributed by atoms with van der Waals surface area (Å²) >= 11 is 1.72. The second kappa shape index (κ2) is 8.23. The molecule has 0 aliphatic carbocycles. The third-order valence-corrected chi connectivity index (χ3v) is 7.08. The maximum atomic E-state index is 13.4. The monoisotopic (exact) mass is 429 g/mol. The fourth-order valence-electron chi connectivity index (χ4n) is 4.62. The van der Waals surface area contributed by atoms with E-state index in [1.807, 2.05) is 11.0 Å². The molecule has 4 nitrogen and oxygen atoms in total. The Bertz CT molecular complexity index is 1210. The molecule has 0 radical (unpaired) electrons. The van der Waals surface area contributed by atoms with Gasteiger partial charge >= 0.3 is 0 Å². The van der Waals surface area contributed by atoms with Crippen molar-refractivity contribution in [1.29, 1.82) is 0 Å². The van der Waals surface area contributed by atoms with Crippen LogP contribution in [-0.2, 0) is 11.3 Å². The summed E-state index contributed by atoms with van der Waals surface area (Å²) in [6.07, 6.45) is 0. The van der Waals surface area contributed by atoms with Gasteiger partial charge in [-0.25, -0.2) is 0 Å². The molecule has 2 aromatic heterocycles. The number of nitrogens with zero attached hydrogens (tertiary/aromatic N) is 3. The van der Waals surface area contributed by atoms with Crippen LogP contribution in [0.2, 0.25) is 0 Å². The molecule has 158 valence electrons. The smallest absolute Gasteiger partial charge is 0.242 e. The van der Waals surface area contributed by atoms with Crippen molar-refractivity contribution in [3.8, 4) is 10.6 Å². The molecule has 5 heteroatoms. The average molecular weight is 430 g/mol. The van der Waals surface area contributed by atoms with Gasteiger partial charge in [0.25, 0.3) is 0 Å². The van der Waals surface area contributed by atoms with Crippen LogP contribution in [-0.4, -0.2) is 41.1 Å². The fourth-order valence-corrected chi connectivity index (χ4v) is 5.37. The minimum absolute atomic E-state index is 0.190. The predicted molar refractivity (Wildman–Crippen MR) is 130 cm³/mol. The first-order valence-electron chi connectivity index (χ1n) is 10.8. The lowest BCUT2D eigenvalue weighted by molar-refractivity contribution is -0.132. The van der Waals surface area contributed by atoms with E-state index < -0.39 is 0 Å². The largest absolute Gasteiger partial charge is 0.365 e. The zero-order valence-electron chi connectivity index (χ0n) is 18.0. The summed E-state index contributed by atoms with van der Waals surface area (Å²) < 4.78 is 2.18. The number of hydrogen-bond donors (Lipinski definition) is 0. The highest BCUT2D eigenvalue weighted by Crippen LogP contribution is 2.31. The lowest BCUT2D eigenvalue weighted by atomic mass is 10.1. The van der Waals surface area contributed by atoms with E-state index in [1.54, 1.807) is 11.3 Å². The first-order chi connectivity index (χ1) is 15.1. The van der Waals surface area contributed by atoms with Crippen molar-refractivity contribution in [2.45, 2.75) is 26.4 Å². The number of carbonyl (C=O) groups is 1. The molecule has 1 aliphatic heterocycles. The molecule has 1 saturated heterocycles. The summed E-state index contributed by atoms with van der Waals surface area (Å²) in [7, 11) is 0. The standard InChI is InChI=1S/C26H27N3OS/c1-19-7-5-9-22(15-19)28-13-12-27(17-20(28)2)26(30)18-29-23-10-4-3-8-21(23)16-24(29)25-11-6-14-31-25/h3-11,14-16,20H,12-13,17-18H2,1-2H3/t20-/m0/s1. The van der Waals surface area contributed by atoms with Gasteiger partial charge < -0.3 is 14.4 Å². The number of aromatic nitrogens is 1. The van der Waals surface area contributed by atoms with Gasteiger partial charge in [-0.2, -0.15) is 0 Å². The molecule has 5 rings (SSSR count). The molecular formula is C26H27N3OS. The van der Waals surface area contributed by atoms with Crippen molar-refractivity contribution >= 4 is 33.8 Å². The Morgan fingerprint density at radius 2 is 1.90 bits per heavy atom. The number of carbonyl (C=O) groups excluding carboxylic acids is 1. The molecule has 0 spiro atoms. The molecular weight excluding hydrogens is 402 g/mol. The molecule has 1 atom stereocenters. The lowest BCUT2D eigenvalue weighted by Crippen LogP contribution is -2.54. The number of anilines is 1. The minimum Gasteiger partial charge on any atom is -0.365 e. The predicted octanol–water partition coefficient (Wildman–Crippen LogP) is 5.42. The van der Waals surface area contributed by atoms with Crippen molar-refractivity contribution in [2.75, 3.05) is 24.5 Å². The van der Waals surface area contributed by atoms with Crippen molar-refractivity contribution in [3.05, 3.63) is 77.7 Å². The third kappa shape index (κ3) is 3.86. The maximum Gasteiger partial charge on any atom is 0.242 e. The molecule has 2 aromatic carbocycles. The van der Waals surface area contributed by atoms with Gasteiger partial charge in [-0.1, -0.05) is 36.4 Å². The lowest BCUT2D eigenvalue weighted by Gasteiger charge is -2.41. The highest BCUT2D eigenvalue weighted by atomic mass is 32.1. The number of para-hydroxylation sites is 1. The number of hydrogen-bond acceptors (Lipinski definition) is 3. The number of piperazine rings is 1. The van der Waals surface area contributed by atoms with Crippen LogP contribution in [0, 0.1) is 6.92 Å². The molecule has 1 fully saturated rings. The van der Waals surface area contributed by atoms with Gasteiger partial charge in [0.05, 0.1) is 10.6 Å². The van der Waals surface area contributed by atoms with E-state index in [0.29, 0.717) is 6.54 Å². The van der Waals surface area contributed by atoms with E-state index in [-0.39, 0.29) is 11.9 Å². The van der Waals surface area contributed by atoms with E-state index in [0.717, 1.165) is 30.8 Å². The van der Waals surface area contributed by atoms with Crippen LogP contribution >= 0.6 is 11.3 Å². The molecule has 0 saturated carbocycles. The van der Waals surface area contributed by atoms with Crippen molar-refractivity contribution in [3.63, 3.8) is 0 Å². The quantitative estimate of drug-likeness (QED) is 0.434. The van der Waals surface area contributed by atoms with Gasteiger partial charge in [0.15, 0.2) is 0 Å². The van der Waals surface area contributed by atoms with Gasteiger partial charge in [-0.05, 0) is 55.1 Å². The number of amides is 1. The molecule has 0 unspecified atom stereocenters. The molecule has 3 heterocycles. The Labute approximate surface area is 187 Å². The molecule has 4 aromatic rings. The zero-order valence-corrected chi connectivity index (χ0v) is 18.8. The summed E-state index contributed by atoms with van der Waals surface area (Å²) in [5, 5.41) is 3.27. The summed E-state index contributed by atoms with van der Waals surface area (Å²) in [4.78, 5) is 19.0. The normalized spacial score (nSPS) is 16.8.